The second-order valence-corrected chi connectivity index (χ2v) is 9.90. The first-order valence-corrected chi connectivity index (χ1v) is 13.6. The molecule has 0 aliphatic rings. The fourth-order valence-electron chi connectivity index (χ4n) is 3.86. The lowest BCUT2D eigenvalue weighted by Crippen LogP contribution is -2.13. The Morgan fingerprint density at radius 3 is 2.33 bits per heavy atom. The van der Waals surface area contributed by atoms with Gasteiger partial charge in [-0.25, -0.2) is 0 Å². The Balaban J connectivity index is 1.39. The van der Waals surface area contributed by atoms with Crippen LogP contribution in [0.1, 0.15) is 29.2 Å². The van der Waals surface area contributed by atoms with Crippen LogP contribution in [-0.4, -0.2) is 12.5 Å². The summed E-state index contributed by atoms with van der Waals surface area (Å²) in [5.41, 5.74) is 4.43. The summed E-state index contributed by atoms with van der Waals surface area (Å²) in [4.78, 5) is 12.8. The van der Waals surface area contributed by atoms with Gasteiger partial charge in [-0.15, -0.1) is 0 Å². The van der Waals surface area contributed by atoms with Gasteiger partial charge in [-0.3, -0.25) is 4.79 Å². The Morgan fingerprint density at radius 2 is 1.62 bits per heavy atom. The van der Waals surface area contributed by atoms with Gasteiger partial charge in [-0.05, 0) is 85.1 Å². The van der Waals surface area contributed by atoms with Gasteiger partial charge < -0.3 is 19.5 Å². The molecule has 0 fully saturated rings. The predicted octanol–water partition coefficient (Wildman–Crippen LogP) is 7.86. The quantitative estimate of drug-likeness (QED) is 0.141. The van der Waals surface area contributed by atoms with Crippen LogP contribution in [0.5, 0.6) is 17.2 Å². The van der Waals surface area contributed by atoms with E-state index in [1.54, 1.807) is 42.5 Å². The van der Waals surface area contributed by atoms with Crippen molar-refractivity contribution >= 4 is 33.6 Å². The van der Waals surface area contributed by atoms with Crippen LogP contribution in [0.4, 0.5) is 5.69 Å². The Labute approximate surface area is 243 Å². The summed E-state index contributed by atoms with van der Waals surface area (Å²) in [7, 11) is 0. The summed E-state index contributed by atoms with van der Waals surface area (Å²) < 4.78 is 18.6. The lowest BCUT2D eigenvalue weighted by Gasteiger charge is -2.13. The molecule has 4 rings (SSSR count). The van der Waals surface area contributed by atoms with E-state index < -0.39 is 5.91 Å². The minimum atomic E-state index is -0.510. The molecule has 0 atom stereocenters. The molecule has 202 valence electrons. The number of anilines is 1. The molecule has 0 saturated heterocycles. The van der Waals surface area contributed by atoms with Crippen molar-refractivity contribution in [2.45, 2.75) is 27.1 Å². The van der Waals surface area contributed by atoms with Crippen LogP contribution in [0.25, 0.3) is 6.08 Å². The highest BCUT2D eigenvalue weighted by atomic mass is 79.9. The van der Waals surface area contributed by atoms with Crippen molar-refractivity contribution in [3.63, 3.8) is 0 Å². The molecule has 4 aromatic rings. The third-order valence-corrected chi connectivity index (χ3v) is 6.38. The maximum Gasteiger partial charge on any atom is 0.266 e. The summed E-state index contributed by atoms with van der Waals surface area (Å²) in [6, 6.07) is 30.3. The average molecular weight is 598 g/mol. The molecule has 4 aromatic carbocycles. The number of rotatable bonds is 11. The highest BCUT2D eigenvalue weighted by Crippen LogP contribution is 2.30. The number of hydrogen-bond acceptors (Lipinski definition) is 5. The molecule has 0 unspecified atom stereocenters. The van der Waals surface area contributed by atoms with E-state index in [0.29, 0.717) is 48.3 Å². The number of amides is 1. The Morgan fingerprint density at radius 1 is 0.875 bits per heavy atom. The molecular formula is C33H29BrN2O4. The van der Waals surface area contributed by atoms with Crippen molar-refractivity contribution in [2.75, 3.05) is 11.9 Å². The van der Waals surface area contributed by atoms with Gasteiger partial charge in [0.25, 0.3) is 5.91 Å². The summed E-state index contributed by atoms with van der Waals surface area (Å²) in [6.07, 6.45) is 1.53. The van der Waals surface area contributed by atoms with Gasteiger partial charge in [-0.1, -0.05) is 64.0 Å². The zero-order valence-electron chi connectivity index (χ0n) is 22.3. The van der Waals surface area contributed by atoms with E-state index in [2.05, 4.69) is 27.3 Å². The van der Waals surface area contributed by atoms with Crippen LogP contribution in [-0.2, 0) is 18.0 Å². The maximum atomic E-state index is 12.8. The first kappa shape index (κ1) is 28.5. The molecule has 0 saturated carbocycles. The number of halogens is 1. The van der Waals surface area contributed by atoms with Gasteiger partial charge in [0.1, 0.15) is 30.6 Å². The summed E-state index contributed by atoms with van der Waals surface area (Å²) in [6.45, 7) is 5.20. The highest BCUT2D eigenvalue weighted by Gasteiger charge is 2.12. The Kier molecular flexibility index (Phi) is 9.98. The first-order chi connectivity index (χ1) is 19.4. The van der Waals surface area contributed by atoms with Crippen molar-refractivity contribution in [3.05, 3.63) is 123 Å². The van der Waals surface area contributed by atoms with E-state index in [1.165, 1.54) is 6.08 Å². The number of aryl methyl sites for hydroxylation is 1. The summed E-state index contributed by atoms with van der Waals surface area (Å²) in [5.74, 6) is 1.29. The van der Waals surface area contributed by atoms with Crippen LogP contribution in [0.3, 0.4) is 0 Å². The zero-order valence-corrected chi connectivity index (χ0v) is 23.9. The van der Waals surface area contributed by atoms with Crippen LogP contribution in [0, 0.1) is 18.3 Å². The van der Waals surface area contributed by atoms with E-state index in [-0.39, 0.29) is 5.57 Å². The van der Waals surface area contributed by atoms with E-state index in [9.17, 15) is 10.1 Å². The van der Waals surface area contributed by atoms with Crippen molar-refractivity contribution < 1.29 is 19.0 Å². The molecule has 0 radical (unpaired) electrons. The number of carbonyl (C=O) groups excluding carboxylic acids is 1. The van der Waals surface area contributed by atoms with Gasteiger partial charge in [0.15, 0.2) is 11.5 Å². The Bertz CT molecular complexity index is 1520. The standard InChI is InChI=1S/C33H29BrN2O4/c1-3-38-32-19-25(9-16-31(32)40-22-26-6-4-5-23(2)17-26)18-27(20-35)33(37)36-29-12-14-30(15-13-29)39-21-24-7-10-28(34)11-8-24/h4-19H,3,21-22H2,1-2H3,(H,36,37)/b27-18+. The van der Waals surface area contributed by atoms with Gasteiger partial charge in [0.05, 0.1) is 6.61 Å². The van der Waals surface area contributed by atoms with Crippen molar-refractivity contribution in [3.8, 4) is 23.3 Å². The van der Waals surface area contributed by atoms with Crippen LogP contribution in [0.2, 0.25) is 0 Å². The molecule has 0 aromatic heterocycles. The number of nitriles is 1. The van der Waals surface area contributed by atoms with Crippen LogP contribution >= 0.6 is 15.9 Å². The number of carbonyl (C=O) groups is 1. The number of nitrogens with one attached hydrogen (secondary N) is 1. The third kappa shape index (κ3) is 8.23. The van der Waals surface area contributed by atoms with Crippen molar-refractivity contribution in [1.29, 1.82) is 5.26 Å². The first-order valence-electron chi connectivity index (χ1n) is 12.8. The third-order valence-electron chi connectivity index (χ3n) is 5.85. The molecule has 0 heterocycles. The second kappa shape index (κ2) is 14.0. The van der Waals surface area contributed by atoms with Crippen molar-refractivity contribution in [1.82, 2.24) is 0 Å². The van der Waals surface area contributed by atoms with E-state index in [4.69, 9.17) is 14.2 Å². The normalized spacial score (nSPS) is 10.9. The summed E-state index contributed by atoms with van der Waals surface area (Å²) in [5, 5.41) is 12.4. The smallest absolute Gasteiger partial charge is 0.266 e. The van der Waals surface area contributed by atoms with Crippen LogP contribution < -0.4 is 19.5 Å². The lowest BCUT2D eigenvalue weighted by molar-refractivity contribution is -0.112. The van der Waals surface area contributed by atoms with Gasteiger partial charge in [0, 0.05) is 10.2 Å². The molecule has 1 amide bonds. The molecule has 40 heavy (non-hydrogen) atoms. The fourth-order valence-corrected chi connectivity index (χ4v) is 4.12. The zero-order chi connectivity index (χ0) is 28.3. The van der Waals surface area contributed by atoms with Gasteiger partial charge >= 0.3 is 0 Å². The van der Waals surface area contributed by atoms with Gasteiger partial charge in [0.2, 0.25) is 0 Å². The summed E-state index contributed by atoms with van der Waals surface area (Å²) >= 11 is 3.42. The molecule has 0 aliphatic carbocycles. The molecule has 1 N–H and O–H groups in total. The van der Waals surface area contributed by atoms with E-state index >= 15 is 0 Å². The Hall–Kier alpha value is -4.54. The lowest BCUT2D eigenvalue weighted by atomic mass is 10.1. The number of nitrogens with zero attached hydrogens (tertiary/aromatic N) is 1. The minimum absolute atomic E-state index is 0.0357. The number of hydrogen-bond donors (Lipinski definition) is 1. The fraction of sp³-hybridized carbons (Fsp3) is 0.152. The molecule has 0 aliphatic heterocycles. The van der Waals surface area contributed by atoms with Crippen molar-refractivity contribution in [2.24, 2.45) is 0 Å². The minimum Gasteiger partial charge on any atom is -0.490 e. The van der Waals surface area contributed by atoms with Gasteiger partial charge in [-0.2, -0.15) is 5.26 Å². The molecule has 0 spiro atoms. The topological polar surface area (TPSA) is 80.6 Å². The largest absolute Gasteiger partial charge is 0.490 e. The number of ether oxygens (including phenoxy) is 3. The second-order valence-electron chi connectivity index (χ2n) is 8.98. The highest BCUT2D eigenvalue weighted by molar-refractivity contribution is 9.10. The predicted molar refractivity (Wildman–Crippen MR) is 160 cm³/mol. The molecule has 7 heteroatoms. The van der Waals surface area contributed by atoms with E-state index in [0.717, 1.165) is 21.2 Å². The molecular weight excluding hydrogens is 568 g/mol. The number of benzene rings is 4. The SMILES string of the molecule is CCOc1cc(/C=C(\C#N)C(=O)Nc2ccc(OCc3ccc(Br)cc3)cc2)ccc1OCc1cccc(C)c1. The van der Waals surface area contributed by atoms with E-state index in [1.807, 2.05) is 62.4 Å². The average Bonchev–Trinajstić information content (AvgIpc) is 2.96. The molecule has 6 nitrogen and oxygen atoms in total. The maximum absolute atomic E-state index is 12.8. The molecule has 0 bridgehead atoms. The monoisotopic (exact) mass is 596 g/mol. The van der Waals surface area contributed by atoms with Crippen LogP contribution in [0.15, 0.2) is 101 Å².